The van der Waals surface area contributed by atoms with E-state index in [9.17, 15) is 4.79 Å². The van der Waals surface area contributed by atoms with Crippen molar-refractivity contribution in [3.8, 4) is 0 Å². The van der Waals surface area contributed by atoms with E-state index in [-0.39, 0.29) is 11.5 Å². The molecule has 1 unspecified atom stereocenters. The predicted molar refractivity (Wildman–Crippen MR) is 56.6 cm³/mol. The largest absolute Gasteiger partial charge is 0.301 e. The van der Waals surface area contributed by atoms with E-state index in [1.807, 2.05) is 0 Å². The van der Waals surface area contributed by atoms with Crippen molar-refractivity contribution in [1.82, 2.24) is 10.6 Å². The summed E-state index contributed by atoms with van der Waals surface area (Å²) in [5.41, 5.74) is 5.98. The molecule has 0 fully saturated rings. The van der Waals surface area contributed by atoms with Gasteiger partial charge in [0.2, 0.25) is 5.91 Å². The molecule has 2 aliphatic rings. The molecule has 2 rings (SSSR count). The van der Waals surface area contributed by atoms with Gasteiger partial charge in [0.15, 0.2) is 11.5 Å². The fraction of sp³-hybridized carbons (Fsp3) is 0.250. The molecule has 1 atom stereocenters. The van der Waals surface area contributed by atoms with Gasteiger partial charge in [0.1, 0.15) is 6.34 Å². The topological polar surface area (TPSA) is 104 Å². The van der Waals surface area contributed by atoms with Crippen LogP contribution < -0.4 is 16.4 Å². The maximum Gasteiger partial charge on any atom is 0.277 e. The average Bonchev–Trinajstić information content (AvgIpc) is 2.62. The molecule has 7 nitrogen and oxygen atoms in total. The number of hydrogen-bond donors (Lipinski definition) is 3. The molecule has 2 aliphatic heterocycles. The number of rotatable bonds is 3. The Balaban J connectivity index is 2.27. The number of carbonyl (C=O) groups excluding carboxylic acids is 1. The fourth-order valence-electron chi connectivity index (χ4n) is 1.24. The van der Waals surface area contributed by atoms with Crippen LogP contribution in [0.5, 0.6) is 0 Å². The fourth-order valence-corrected chi connectivity index (χ4v) is 1.24. The Labute approximate surface area is 85.9 Å². The Morgan fingerprint density at radius 1 is 1.73 bits per heavy atom. The van der Waals surface area contributed by atoms with Crippen molar-refractivity contribution < 1.29 is 4.79 Å². The quantitative estimate of drug-likeness (QED) is 0.380. The van der Waals surface area contributed by atoms with Gasteiger partial charge in [0.25, 0.3) is 5.91 Å². The van der Waals surface area contributed by atoms with Crippen molar-refractivity contribution in [3.63, 3.8) is 0 Å². The van der Waals surface area contributed by atoms with Crippen molar-refractivity contribution in [1.29, 1.82) is 0 Å². The van der Waals surface area contributed by atoms with Crippen molar-refractivity contribution in [2.45, 2.75) is 5.91 Å². The van der Waals surface area contributed by atoms with E-state index in [2.05, 4.69) is 32.2 Å². The minimum atomic E-state index is -1.33. The zero-order chi connectivity index (χ0) is 10.9. The molecule has 7 heteroatoms. The van der Waals surface area contributed by atoms with Gasteiger partial charge in [-0.25, -0.2) is 15.0 Å². The van der Waals surface area contributed by atoms with E-state index >= 15 is 0 Å². The number of amidine groups is 1. The van der Waals surface area contributed by atoms with Gasteiger partial charge in [-0.2, -0.15) is 0 Å². The molecule has 0 aliphatic carbocycles. The van der Waals surface area contributed by atoms with Gasteiger partial charge in [-0.3, -0.25) is 15.8 Å². The molecule has 15 heavy (non-hydrogen) atoms. The van der Waals surface area contributed by atoms with Gasteiger partial charge >= 0.3 is 0 Å². The number of nitrogens with zero attached hydrogens (tertiary/aromatic N) is 3. The Bertz CT molecular complexity index is 409. The SMILES string of the molecule is C=CCNC1(N)N=C2N=CN=C2C(=O)N1. The lowest BCUT2D eigenvalue weighted by Gasteiger charge is -2.30. The van der Waals surface area contributed by atoms with E-state index < -0.39 is 11.8 Å². The normalized spacial score (nSPS) is 27.9. The van der Waals surface area contributed by atoms with Crippen LogP contribution in [0.4, 0.5) is 0 Å². The summed E-state index contributed by atoms with van der Waals surface area (Å²) in [4.78, 5) is 23.1. The van der Waals surface area contributed by atoms with Crippen LogP contribution in [-0.4, -0.2) is 36.2 Å². The molecule has 0 bridgehead atoms. The number of nitrogens with one attached hydrogen (secondary N) is 2. The van der Waals surface area contributed by atoms with Gasteiger partial charge in [0.05, 0.1) is 0 Å². The molecule has 0 aromatic rings. The van der Waals surface area contributed by atoms with Crippen LogP contribution in [0.1, 0.15) is 0 Å². The third-order valence-electron chi connectivity index (χ3n) is 1.90. The summed E-state index contributed by atoms with van der Waals surface area (Å²) in [6.07, 6.45) is 2.88. The number of aliphatic imine (C=N–C) groups is 3. The first-order chi connectivity index (χ1) is 7.14. The lowest BCUT2D eigenvalue weighted by atomic mass is 10.2. The highest BCUT2D eigenvalue weighted by Gasteiger charge is 2.36. The lowest BCUT2D eigenvalue weighted by Crippen LogP contribution is -2.68. The second kappa shape index (κ2) is 3.37. The molecule has 1 amide bonds. The molecule has 0 radical (unpaired) electrons. The molecule has 0 spiro atoms. The molecule has 2 heterocycles. The van der Waals surface area contributed by atoms with Gasteiger partial charge < -0.3 is 5.32 Å². The summed E-state index contributed by atoms with van der Waals surface area (Å²) >= 11 is 0. The van der Waals surface area contributed by atoms with Crippen molar-refractivity contribution in [2.24, 2.45) is 20.7 Å². The first kappa shape index (κ1) is 9.69. The second-order valence-corrected chi connectivity index (χ2v) is 3.05. The molecule has 78 valence electrons. The maximum atomic E-state index is 11.5. The van der Waals surface area contributed by atoms with E-state index in [1.54, 1.807) is 6.08 Å². The van der Waals surface area contributed by atoms with Crippen LogP contribution in [0.2, 0.25) is 0 Å². The first-order valence-electron chi connectivity index (χ1n) is 4.32. The summed E-state index contributed by atoms with van der Waals surface area (Å²) in [6.45, 7) is 3.95. The Morgan fingerprint density at radius 3 is 3.27 bits per heavy atom. The van der Waals surface area contributed by atoms with E-state index in [0.29, 0.717) is 6.54 Å². The van der Waals surface area contributed by atoms with Crippen molar-refractivity contribution in [3.05, 3.63) is 12.7 Å². The Morgan fingerprint density at radius 2 is 2.53 bits per heavy atom. The third kappa shape index (κ3) is 1.69. The van der Waals surface area contributed by atoms with Gasteiger partial charge in [-0.1, -0.05) is 6.08 Å². The minimum Gasteiger partial charge on any atom is -0.301 e. The highest BCUT2D eigenvalue weighted by Crippen LogP contribution is 2.07. The van der Waals surface area contributed by atoms with Gasteiger partial charge in [0, 0.05) is 6.54 Å². The predicted octanol–water partition coefficient (Wildman–Crippen LogP) is -1.66. The van der Waals surface area contributed by atoms with Crippen molar-refractivity contribution in [2.75, 3.05) is 6.54 Å². The smallest absolute Gasteiger partial charge is 0.277 e. The summed E-state index contributed by atoms with van der Waals surface area (Å²) in [7, 11) is 0. The van der Waals surface area contributed by atoms with E-state index in [4.69, 9.17) is 5.73 Å². The number of amides is 1. The van der Waals surface area contributed by atoms with Crippen molar-refractivity contribution >= 4 is 23.8 Å². The average molecular weight is 206 g/mol. The monoisotopic (exact) mass is 206 g/mol. The van der Waals surface area contributed by atoms with E-state index in [0.717, 1.165) is 0 Å². The summed E-state index contributed by atoms with van der Waals surface area (Å²) < 4.78 is 0. The first-order valence-corrected chi connectivity index (χ1v) is 4.32. The molecule has 0 aromatic carbocycles. The highest BCUT2D eigenvalue weighted by molar-refractivity contribution is 6.69. The molecule has 0 aromatic heterocycles. The molecular weight excluding hydrogens is 196 g/mol. The third-order valence-corrected chi connectivity index (χ3v) is 1.90. The summed E-state index contributed by atoms with van der Waals surface area (Å²) in [6, 6.07) is 0. The maximum absolute atomic E-state index is 11.5. The Kier molecular flexibility index (Phi) is 2.18. The summed E-state index contributed by atoms with van der Waals surface area (Å²) in [5, 5.41) is 5.28. The summed E-state index contributed by atoms with van der Waals surface area (Å²) in [5.74, 6) is -1.48. The lowest BCUT2D eigenvalue weighted by molar-refractivity contribution is -0.116. The second-order valence-electron chi connectivity index (χ2n) is 3.05. The zero-order valence-electron chi connectivity index (χ0n) is 7.90. The molecule has 0 saturated carbocycles. The molecular formula is C8H10N6O. The number of nitrogens with two attached hydrogens (primary N) is 1. The minimum absolute atomic E-state index is 0.191. The Hall–Kier alpha value is -1.86. The van der Waals surface area contributed by atoms with Gasteiger partial charge in [-0.05, 0) is 0 Å². The van der Waals surface area contributed by atoms with Crippen LogP contribution in [0.25, 0.3) is 0 Å². The number of hydrogen-bond acceptors (Lipinski definition) is 6. The van der Waals surface area contributed by atoms with Crippen LogP contribution >= 0.6 is 0 Å². The standard InChI is InChI=1S/C8H10N6O/c1-2-3-12-8(9)13-6-5(7(15)14-8)10-4-11-6/h2,4,12H,1,3,9H2,(H,14,15). The number of fused-ring (bicyclic) bond motifs is 1. The van der Waals surface area contributed by atoms with Gasteiger partial charge in [-0.15, -0.1) is 6.58 Å². The molecule has 4 N–H and O–H groups in total. The van der Waals surface area contributed by atoms with Crippen LogP contribution in [0.3, 0.4) is 0 Å². The van der Waals surface area contributed by atoms with Crippen LogP contribution in [0, 0.1) is 0 Å². The zero-order valence-corrected chi connectivity index (χ0v) is 7.90. The highest BCUT2D eigenvalue weighted by atomic mass is 16.2. The molecule has 0 saturated heterocycles. The van der Waals surface area contributed by atoms with E-state index in [1.165, 1.54) is 6.34 Å². The van der Waals surface area contributed by atoms with Crippen LogP contribution in [0.15, 0.2) is 27.6 Å². The number of carbonyl (C=O) groups is 1. The van der Waals surface area contributed by atoms with Crippen LogP contribution in [-0.2, 0) is 4.79 Å².